The van der Waals surface area contributed by atoms with E-state index in [1.165, 1.54) is 5.56 Å². The molecule has 5 heteroatoms. The first kappa shape index (κ1) is 20.4. The fourth-order valence-electron chi connectivity index (χ4n) is 3.13. The predicted octanol–water partition coefficient (Wildman–Crippen LogP) is 4.24. The average Bonchev–Trinajstić information content (AvgIpc) is 2.80. The van der Waals surface area contributed by atoms with Crippen molar-refractivity contribution in [3.63, 3.8) is 0 Å². The second-order valence-electron chi connectivity index (χ2n) is 7.07. The first-order chi connectivity index (χ1) is 14.3. The van der Waals surface area contributed by atoms with E-state index in [1.54, 1.807) is 6.20 Å². The standard InChI is InChI=1S/C18H21N5.C6H6/c1-13(15-6-4-14(9-19)5-7-15)10-20-11-16-12-22-17-3-2-8-21-18(17)23-16;1-2-4-6-5-3-1/h2-8,13,16,20,22H,10-12H2,1H3,(H,21,23);1-6H. The summed E-state index contributed by atoms with van der Waals surface area (Å²) < 4.78 is 0. The van der Waals surface area contributed by atoms with Gasteiger partial charge in [-0.15, -0.1) is 0 Å². The van der Waals surface area contributed by atoms with Crippen molar-refractivity contribution in [1.82, 2.24) is 10.3 Å². The Bertz CT molecular complexity index is 876. The quantitative estimate of drug-likeness (QED) is 0.613. The van der Waals surface area contributed by atoms with E-state index in [9.17, 15) is 0 Å². The largest absolute Gasteiger partial charge is 0.380 e. The Morgan fingerprint density at radius 3 is 2.41 bits per heavy atom. The van der Waals surface area contributed by atoms with Crippen LogP contribution in [0.5, 0.6) is 0 Å². The summed E-state index contributed by atoms with van der Waals surface area (Å²) in [6, 6.07) is 26.3. The van der Waals surface area contributed by atoms with E-state index in [2.05, 4.69) is 33.9 Å². The van der Waals surface area contributed by atoms with Crippen molar-refractivity contribution in [3.05, 3.63) is 90.1 Å². The van der Waals surface area contributed by atoms with E-state index in [-0.39, 0.29) is 0 Å². The van der Waals surface area contributed by atoms with Crippen LogP contribution in [0.4, 0.5) is 11.5 Å². The summed E-state index contributed by atoms with van der Waals surface area (Å²) in [4.78, 5) is 4.35. The molecule has 1 aliphatic heterocycles. The third-order valence-electron chi connectivity index (χ3n) is 4.80. The molecule has 0 aliphatic carbocycles. The fraction of sp³-hybridized carbons (Fsp3) is 0.250. The molecule has 5 nitrogen and oxygen atoms in total. The van der Waals surface area contributed by atoms with Crippen LogP contribution in [-0.4, -0.2) is 30.7 Å². The van der Waals surface area contributed by atoms with Crippen LogP contribution in [0.25, 0.3) is 0 Å². The second kappa shape index (κ2) is 10.8. The minimum atomic E-state index is 0.325. The number of fused-ring (bicyclic) bond motifs is 1. The molecule has 0 saturated heterocycles. The molecule has 2 unspecified atom stereocenters. The van der Waals surface area contributed by atoms with Crippen LogP contribution >= 0.6 is 0 Å². The van der Waals surface area contributed by atoms with Crippen LogP contribution in [-0.2, 0) is 0 Å². The molecule has 0 fully saturated rings. The average molecular weight is 386 g/mol. The highest BCUT2D eigenvalue weighted by Crippen LogP contribution is 2.22. The highest BCUT2D eigenvalue weighted by molar-refractivity contribution is 5.66. The van der Waals surface area contributed by atoms with E-state index >= 15 is 0 Å². The Balaban J connectivity index is 0.000000343. The second-order valence-corrected chi connectivity index (χ2v) is 7.07. The maximum absolute atomic E-state index is 8.84. The molecule has 0 spiro atoms. The zero-order valence-electron chi connectivity index (χ0n) is 16.7. The van der Waals surface area contributed by atoms with E-state index in [1.807, 2.05) is 72.8 Å². The number of nitriles is 1. The Kier molecular flexibility index (Phi) is 7.62. The van der Waals surface area contributed by atoms with E-state index in [0.29, 0.717) is 17.5 Å². The van der Waals surface area contributed by atoms with Gasteiger partial charge < -0.3 is 16.0 Å². The predicted molar refractivity (Wildman–Crippen MR) is 119 cm³/mol. The van der Waals surface area contributed by atoms with Gasteiger partial charge in [-0.2, -0.15) is 5.26 Å². The van der Waals surface area contributed by atoms with Gasteiger partial charge in [-0.1, -0.05) is 55.5 Å². The van der Waals surface area contributed by atoms with Gasteiger partial charge in [0.1, 0.15) is 5.82 Å². The Hall–Kier alpha value is -3.36. The van der Waals surface area contributed by atoms with Crippen LogP contribution in [0.3, 0.4) is 0 Å². The van der Waals surface area contributed by atoms with Crippen LogP contribution in [0.1, 0.15) is 24.0 Å². The molecule has 0 amide bonds. The Morgan fingerprint density at radius 2 is 1.76 bits per heavy atom. The maximum atomic E-state index is 8.84. The van der Waals surface area contributed by atoms with Gasteiger partial charge >= 0.3 is 0 Å². The fourth-order valence-corrected chi connectivity index (χ4v) is 3.13. The molecule has 0 saturated carbocycles. The van der Waals surface area contributed by atoms with Crippen LogP contribution < -0.4 is 16.0 Å². The van der Waals surface area contributed by atoms with Gasteiger partial charge in [0, 0.05) is 25.8 Å². The molecule has 3 N–H and O–H groups in total. The van der Waals surface area contributed by atoms with Gasteiger partial charge in [-0.25, -0.2) is 4.98 Å². The summed E-state index contributed by atoms with van der Waals surface area (Å²) in [5.41, 5.74) is 3.02. The summed E-state index contributed by atoms with van der Waals surface area (Å²) in [5, 5.41) is 19.2. The number of pyridine rings is 1. The van der Waals surface area contributed by atoms with Gasteiger partial charge in [-0.05, 0) is 35.7 Å². The third kappa shape index (κ3) is 6.34. The number of benzene rings is 2. The van der Waals surface area contributed by atoms with Crippen molar-refractivity contribution in [2.45, 2.75) is 18.9 Å². The lowest BCUT2D eigenvalue weighted by molar-refractivity contribution is 0.572. The van der Waals surface area contributed by atoms with Crippen LogP contribution in [0.2, 0.25) is 0 Å². The highest BCUT2D eigenvalue weighted by atomic mass is 15.1. The van der Waals surface area contributed by atoms with Crippen molar-refractivity contribution in [2.75, 3.05) is 30.3 Å². The highest BCUT2D eigenvalue weighted by Gasteiger charge is 2.17. The number of rotatable bonds is 5. The minimum absolute atomic E-state index is 0.325. The molecule has 2 aromatic carbocycles. The molecule has 2 heterocycles. The number of hydrogen-bond donors (Lipinski definition) is 3. The summed E-state index contributed by atoms with van der Waals surface area (Å²) in [5.74, 6) is 1.33. The van der Waals surface area contributed by atoms with Gasteiger partial charge in [0.25, 0.3) is 0 Å². The molecule has 4 rings (SSSR count). The zero-order chi connectivity index (χ0) is 20.3. The van der Waals surface area contributed by atoms with Gasteiger partial charge in [0.05, 0.1) is 23.4 Å². The molecule has 2 atom stereocenters. The summed E-state index contributed by atoms with van der Waals surface area (Å²) >= 11 is 0. The van der Waals surface area contributed by atoms with Crippen LogP contribution in [0, 0.1) is 11.3 Å². The number of anilines is 2. The zero-order valence-corrected chi connectivity index (χ0v) is 16.7. The smallest absolute Gasteiger partial charge is 0.149 e. The SMILES string of the molecule is CC(CNCC1CNc2cccnc2N1)c1ccc(C#N)cc1.c1ccccc1. The van der Waals surface area contributed by atoms with E-state index in [0.717, 1.165) is 31.1 Å². The lowest BCUT2D eigenvalue weighted by atomic mass is 10.00. The van der Waals surface area contributed by atoms with E-state index in [4.69, 9.17) is 5.26 Å². The molecule has 0 bridgehead atoms. The third-order valence-corrected chi connectivity index (χ3v) is 4.80. The normalized spacial score (nSPS) is 15.4. The minimum Gasteiger partial charge on any atom is -0.380 e. The Labute approximate surface area is 172 Å². The summed E-state index contributed by atoms with van der Waals surface area (Å²) in [6.45, 7) is 4.86. The number of nitrogens with one attached hydrogen (secondary N) is 3. The number of aromatic nitrogens is 1. The first-order valence-corrected chi connectivity index (χ1v) is 9.92. The van der Waals surface area contributed by atoms with E-state index < -0.39 is 0 Å². The molecule has 1 aliphatic rings. The summed E-state index contributed by atoms with van der Waals surface area (Å²) in [6.07, 6.45) is 1.80. The number of nitrogens with zero attached hydrogens (tertiary/aromatic N) is 2. The monoisotopic (exact) mass is 385 g/mol. The molecule has 29 heavy (non-hydrogen) atoms. The van der Waals surface area contributed by atoms with Gasteiger partial charge in [-0.3, -0.25) is 0 Å². The molecular formula is C24H27N5. The summed E-state index contributed by atoms with van der Waals surface area (Å²) in [7, 11) is 0. The molecular weight excluding hydrogens is 358 g/mol. The van der Waals surface area contributed by atoms with Gasteiger partial charge in [0.2, 0.25) is 0 Å². The molecule has 0 radical (unpaired) electrons. The van der Waals surface area contributed by atoms with Crippen molar-refractivity contribution >= 4 is 11.5 Å². The topological polar surface area (TPSA) is 72.8 Å². The lowest BCUT2D eigenvalue weighted by Crippen LogP contribution is -2.42. The lowest BCUT2D eigenvalue weighted by Gasteiger charge is -2.28. The first-order valence-electron chi connectivity index (χ1n) is 9.92. The number of hydrogen-bond acceptors (Lipinski definition) is 5. The van der Waals surface area contributed by atoms with Gasteiger partial charge in [0.15, 0.2) is 0 Å². The van der Waals surface area contributed by atoms with Crippen molar-refractivity contribution in [2.24, 2.45) is 0 Å². The van der Waals surface area contributed by atoms with Crippen molar-refractivity contribution < 1.29 is 0 Å². The maximum Gasteiger partial charge on any atom is 0.149 e. The van der Waals surface area contributed by atoms with Crippen molar-refractivity contribution in [1.29, 1.82) is 5.26 Å². The van der Waals surface area contributed by atoms with Crippen LogP contribution in [0.15, 0.2) is 79.0 Å². The Morgan fingerprint density at radius 1 is 1.07 bits per heavy atom. The molecule has 1 aromatic heterocycles. The molecule has 148 valence electrons. The van der Waals surface area contributed by atoms with Crippen molar-refractivity contribution in [3.8, 4) is 6.07 Å². The molecule has 3 aromatic rings.